The average Bonchev–Trinajstić information content (AvgIpc) is 3.56. The summed E-state index contributed by atoms with van der Waals surface area (Å²) >= 11 is 0. The Kier molecular flexibility index (Phi) is 6.43. The smallest absolute Gasteiger partial charge is 0.209 e. The molecule has 0 bridgehead atoms. The van der Waals surface area contributed by atoms with Crippen LogP contribution in [0, 0.1) is 11.6 Å². The number of nitrogens with one attached hydrogen (secondary N) is 3. The van der Waals surface area contributed by atoms with Crippen LogP contribution in [0.25, 0.3) is 56.0 Å². The van der Waals surface area contributed by atoms with Gasteiger partial charge in [-0.25, -0.2) is 31.9 Å². The van der Waals surface area contributed by atoms with Crippen LogP contribution in [0.2, 0.25) is 0 Å². The molecule has 0 saturated heterocycles. The molecular formula is C27H23F2N9O2S. The first-order valence-electron chi connectivity index (χ1n) is 12.3. The Hall–Kier alpha value is -4.82. The molecule has 5 heterocycles. The van der Waals surface area contributed by atoms with Gasteiger partial charge in [-0.15, -0.1) is 0 Å². The number of sulfonamides is 1. The van der Waals surface area contributed by atoms with Gasteiger partial charge in [-0.05, 0) is 35.9 Å². The van der Waals surface area contributed by atoms with E-state index in [0.717, 1.165) is 11.9 Å². The second-order valence-corrected chi connectivity index (χ2v) is 11.5. The minimum Gasteiger partial charge on any atom is -0.376 e. The van der Waals surface area contributed by atoms with Crippen LogP contribution >= 0.6 is 0 Å². The number of nitrogens with zero attached hydrogens (tertiary/aromatic N) is 6. The summed E-state index contributed by atoms with van der Waals surface area (Å²) in [6.07, 6.45) is 7.23. The number of aromatic nitrogens is 7. The second-order valence-electron chi connectivity index (χ2n) is 9.69. The third-order valence-corrected chi connectivity index (χ3v) is 7.15. The third kappa shape index (κ3) is 5.10. The van der Waals surface area contributed by atoms with Gasteiger partial charge in [0.2, 0.25) is 10.0 Å². The van der Waals surface area contributed by atoms with Crippen LogP contribution in [-0.2, 0) is 16.6 Å². The molecule has 6 rings (SSSR count). The zero-order valence-corrected chi connectivity index (χ0v) is 22.9. The number of aromatic amines is 2. The van der Waals surface area contributed by atoms with Crippen LogP contribution in [0.15, 0.2) is 55.1 Å². The Morgan fingerprint density at radius 2 is 1.85 bits per heavy atom. The second kappa shape index (κ2) is 9.98. The first-order chi connectivity index (χ1) is 19.6. The topological polar surface area (TPSA) is 145 Å². The normalized spacial score (nSPS) is 11.9. The Labute approximate surface area is 232 Å². The molecule has 1 aromatic carbocycles. The lowest BCUT2D eigenvalue weighted by atomic mass is 10.1. The molecule has 0 spiro atoms. The van der Waals surface area contributed by atoms with Crippen LogP contribution in [0.4, 0.5) is 14.5 Å². The molecule has 208 valence electrons. The number of pyridine rings is 3. The van der Waals surface area contributed by atoms with Gasteiger partial charge < -0.3 is 9.88 Å². The minimum absolute atomic E-state index is 0.0902. The van der Waals surface area contributed by atoms with Gasteiger partial charge in [0.1, 0.15) is 22.8 Å². The number of fused-ring (bicyclic) bond motifs is 2. The fourth-order valence-corrected chi connectivity index (χ4v) is 4.94. The first-order valence-corrected chi connectivity index (χ1v) is 14.2. The van der Waals surface area contributed by atoms with E-state index in [1.165, 1.54) is 24.5 Å². The maximum Gasteiger partial charge on any atom is 0.209 e. The fourth-order valence-electron chi connectivity index (χ4n) is 4.51. The van der Waals surface area contributed by atoms with E-state index >= 15 is 4.39 Å². The van der Waals surface area contributed by atoms with Gasteiger partial charge in [-0.3, -0.25) is 15.1 Å². The predicted octanol–water partition coefficient (Wildman–Crippen LogP) is 4.02. The lowest BCUT2D eigenvalue weighted by molar-refractivity contribution is 0.586. The van der Waals surface area contributed by atoms with E-state index in [9.17, 15) is 12.8 Å². The van der Waals surface area contributed by atoms with Crippen molar-refractivity contribution >= 4 is 37.8 Å². The molecule has 0 amide bonds. The minimum atomic E-state index is -3.47. The van der Waals surface area contributed by atoms with E-state index in [2.05, 4.69) is 39.8 Å². The van der Waals surface area contributed by atoms with Crippen LogP contribution in [0.3, 0.4) is 0 Å². The summed E-state index contributed by atoms with van der Waals surface area (Å²) in [5.41, 5.74) is 4.21. The van der Waals surface area contributed by atoms with Gasteiger partial charge >= 0.3 is 0 Å². The summed E-state index contributed by atoms with van der Waals surface area (Å²) in [7, 11) is 0.266. The Bertz CT molecular complexity index is 2060. The molecule has 0 aliphatic rings. The summed E-state index contributed by atoms with van der Waals surface area (Å²) in [4.78, 5) is 22.7. The van der Waals surface area contributed by atoms with Gasteiger partial charge in [0.15, 0.2) is 11.5 Å². The van der Waals surface area contributed by atoms with Crippen molar-refractivity contribution in [3.63, 3.8) is 0 Å². The van der Waals surface area contributed by atoms with E-state index < -0.39 is 21.7 Å². The molecular weight excluding hydrogens is 552 g/mol. The molecule has 0 aliphatic heterocycles. The summed E-state index contributed by atoms with van der Waals surface area (Å²) < 4.78 is 55.9. The highest BCUT2D eigenvalue weighted by Gasteiger charge is 2.22. The van der Waals surface area contributed by atoms with Crippen LogP contribution < -0.4 is 9.62 Å². The SMILES string of the molecule is CN(C)c1cncc(-c2cnc3n[nH]c(-c4nc5c(-c6cc(F)cc(CNS(C)(=O)=O)c6)nccc5[nH]4)c3c2F)c1. The van der Waals surface area contributed by atoms with Crippen molar-refractivity contribution in [1.82, 2.24) is 39.8 Å². The van der Waals surface area contributed by atoms with E-state index in [1.807, 2.05) is 25.1 Å². The summed E-state index contributed by atoms with van der Waals surface area (Å²) in [6, 6.07) is 7.67. The molecule has 0 radical (unpaired) electrons. The van der Waals surface area contributed by atoms with Crippen LogP contribution in [-0.4, -0.2) is 63.9 Å². The Morgan fingerprint density at radius 1 is 1.02 bits per heavy atom. The summed E-state index contributed by atoms with van der Waals surface area (Å²) in [5.74, 6) is -0.816. The largest absolute Gasteiger partial charge is 0.376 e. The molecule has 41 heavy (non-hydrogen) atoms. The number of anilines is 1. The van der Waals surface area contributed by atoms with Gasteiger partial charge in [-0.2, -0.15) is 5.10 Å². The van der Waals surface area contributed by atoms with Crippen molar-refractivity contribution < 1.29 is 17.2 Å². The third-order valence-electron chi connectivity index (χ3n) is 6.48. The van der Waals surface area contributed by atoms with Gasteiger partial charge in [-0.1, -0.05) is 0 Å². The van der Waals surface area contributed by atoms with Crippen molar-refractivity contribution in [2.75, 3.05) is 25.3 Å². The summed E-state index contributed by atoms with van der Waals surface area (Å²) in [5, 5.41) is 7.15. The average molecular weight is 576 g/mol. The standard InChI is InChI=1S/C27H23F2N9O2S/c1-38(2)18-9-16(11-30-12-18)19-13-32-26-21(22(19)29)25(36-37-26)27-34-20-4-5-31-23(24(20)35-27)15-6-14(7-17(28)8-15)10-33-41(3,39)40/h4-9,11-13,33H,10H2,1-3H3,(H,34,35)(H,32,36,37). The van der Waals surface area contributed by atoms with Crippen molar-refractivity contribution in [2.24, 2.45) is 0 Å². The Morgan fingerprint density at radius 3 is 2.63 bits per heavy atom. The number of imidazole rings is 1. The molecule has 5 aromatic heterocycles. The zero-order chi connectivity index (χ0) is 28.9. The summed E-state index contributed by atoms with van der Waals surface area (Å²) in [6.45, 7) is -0.0902. The monoisotopic (exact) mass is 575 g/mol. The number of hydrogen-bond acceptors (Lipinski definition) is 8. The fraction of sp³-hybridized carbons (Fsp3) is 0.148. The number of benzene rings is 1. The first kappa shape index (κ1) is 26.4. The highest BCUT2D eigenvalue weighted by molar-refractivity contribution is 7.88. The van der Waals surface area contributed by atoms with Crippen molar-refractivity contribution in [1.29, 1.82) is 0 Å². The van der Waals surface area contributed by atoms with E-state index in [0.29, 0.717) is 33.4 Å². The van der Waals surface area contributed by atoms with Crippen LogP contribution in [0.1, 0.15) is 5.56 Å². The molecule has 0 fully saturated rings. The maximum atomic E-state index is 16.0. The molecule has 3 N–H and O–H groups in total. The molecule has 0 saturated carbocycles. The number of rotatable bonds is 7. The van der Waals surface area contributed by atoms with Crippen LogP contribution in [0.5, 0.6) is 0 Å². The number of H-pyrrole nitrogens is 2. The number of hydrogen-bond donors (Lipinski definition) is 3. The molecule has 0 atom stereocenters. The van der Waals surface area contributed by atoms with E-state index in [1.54, 1.807) is 24.5 Å². The van der Waals surface area contributed by atoms with Crippen molar-refractivity contribution in [2.45, 2.75) is 6.54 Å². The van der Waals surface area contributed by atoms with Gasteiger partial charge in [0.05, 0.1) is 34.7 Å². The molecule has 0 unspecified atom stereocenters. The Balaban J connectivity index is 1.45. The van der Waals surface area contributed by atoms with E-state index in [-0.39, 0.29) is 34.7 Å². The predicted molar refractivity (Wildman–Crippen MR) is 151 cm³/mol. The molecule has 0 aliphatic carbocycles. The lowest BCUT2D eigenvalue weighted by Gasteiger charge is -2.13. The van der Waals surface area contributed by atoms with Crippen molar-refractivity contribution in [3.8, 4) is 33.9 Å². The highest BCUT2D eigenvalue weighted by atomic mass is 32.2. The maximum absolute atomic E-state index is 16.0. The quantitative estimate of drug-likeness (QED) is 0.259. The van der Waals surface area contributed by atoms with E-state index in [4.69, 9.17) is 0 Å². The van der Waals surface area contributed by atoms with Gasteiger partial charge in [0, 0.05) is 55.9 Å². The highest BCUT2D eigenvalue weighted by Crippen LogP contribution is 2.34. The zero-order valence-electron chi connectivity index (χ0n) is 22.1. The lowest BCUT2D eigenvalue weighted by Crippen LogP contribution is -2.21. The number of halogens is 2. The van der Waals surface area contributed by atoms with Gasteiger partial charge in [0.25, 0.3) is 0 Å². The van der Waals surface area contributed by atoms with Crippen molar-refractivity contribution in [3.05, 3.63) is 72.3 Å². The molecule has 11 nitrogen and oxygen atoms in total. The molecule has 6 aromatic rings. The molecule has 14 heteroatoms.